The molecule has 3 rings (SSSR count). The van der Waals surface area contributed by atoms with Gasteiger partial charge in [0, 0.05) is 19.0 Å². The first kappa shape index (κ1) is 16.1. The standard InChI is InChI=1S/C16H19N5O3/c17-15-14(21(22)23)8-18-16(19-15)20-7-6-13(9-20)11-24-10-12-4-2-1-3-5-12/h1-5,8,13H,6-7,9-11H2,(H2,17,18,19)/t13-/m1/s1. The third-order valence-corrected chi connectivity index (χ3v) is 4.02. The number of nitro groups is 1. The number of benzene rings is 1. The van der Waals surface area contributed by atoms with E-state index in [-0.39, 0.29) is 11.5 Å². The van der Waals surface area contributed by atoms with Gasteiger partial charge in [-0.1, -0.05) is 30.3 Å². The Labute approximate surface area is 139 Å². The Morgan fingerprint density at radius 2 is 2.17 bits per heavy atom. The minimum atomic E-state index is -0.580. The number of hydrogen-bond donors (Lipinski definition) is 1. The first-order valence-electron chi connectivity index (χ1n) is 7.77. The number of nitrogen functional groups attached to an aromatic ring is 1. The van der Waals surface area contributed by atoms with Gasteiger partial charge in [-0.25, -0.2) is 4.98 Å². The van der Waals surface area contributed by atoms with Crippen molar-refractivity contribution in [2.45, 2.75) is 13.0 Å². The highest BCUT2D eigenvalue weighted by Crippen LogP contribution is 2.25. The van der Waals surface area contributed by atoms with Gasteiger partial charge in [0.15, 0.2) is 0 Å². The second kappa shape index (κ2) is 7.22. The Balaban J connectivity index is 1.52. The second-order valence-corrected chi connectivity index (χ2v) is 5.80. The average molecular weight is 329 g/mol. The number of hydrogen-bond acceptors (Lipinski definition) is 7. The molecule has 0 aliphatic carbocycles. The molecule has 0 unspecified atom stereocenters. The molecule has 8 heteroatoms. The normalized spacial score (nSPS) is 17.2. The summed E-state index contributed by atoms with van der Waals surface area (Å²) in [4.78, 5) is 20.3. The highest BCUT2D eigenvalue weighted by atomic mass is 16.6. The molecular weight excluding hydrogens is 310 g/mol. The van der Waals surface area contributed by atoms with Crippen molar-refractivity contribution in [3.05, 3.63) is 52.2 Å². The van der Waals surface area contributed by atoms with Crippen molar-refractivity contribution in [3.63, 3.8) is 0 Å². The van der Waals surface area contributed by atoms with E-state index in [2.05, 4.69) is 9.97 Å². The SMILES string of the molecule is Nc1nc(N2CC[C@@H](COCc3ccccc3)C2)ncc1[N+](=O)[O-]. The molecule has 1 saturated heterocycles. The minimum Gasteiger partial charge on any atom is -0.378 e. The highest BCUT2D eigenvalue weighted by Gasteiger charge is 2.26. The smallest absolute Gasteiger partial charge is 0.329 e. The molecule has 8 nitrogen and oxygen atoms in total. The number of rotatable bonds is 6. The van der Waals surface area contributed by atoms with E-state index in [0.29, 0.717) is 25.1 Å². The van der Waals surface area contributed by atoms with Gasteiger partial charge >= 0.3 is 5.69 Å². The molecule has 1 aliphatic rings. The Kier molecular flexibility index (Phi) is 4.85. The maximum atomic E-state index is 10.8. The number of aromatic nitrogens is 2. The van der Waals surface area contributed by atoms with E-state index in [1.54, 1.807) is 0 Å². The van der Waals surface area contributed by atoms with Gasteiger partial charge in [-0.3, -0.25) is 10.1 Å². The summed E-state index contributed by atoms with van der Waals surface area (Å²) in [6.07, 6.45) is 2.13. The summed E-state index contributed by atoms with van der Waals surface area (Å²) < 4.78 is 5.78. The number of ether oxygens (including phenoxy) is 1. The zero-order chi connectivity index (χ0) is 16.9. The number of nitrogens with zero attached hydrogens (tertiary/aromatic N) is 4. The molecule has 0 bridgehead atoms. The lowest BCUT2D eigenvalue weighted by molar-refractivity contribution is -0.384. The fourth-order valence-corrected chi connectivity index (χ4v) is 2.74. The topological polar surface area (TPSA) is 107 Å². The minimum absolute atomic E-state index is 0.103. The van der Waals surface area contributed by atoms with Crippen LogP contribution in [0.5, 0.6) is 0 Å². The van der Waals surface area contributed by atoms with Crippen LogP contribution in [0.4, 0.5) is 17.5 Å². The van der Waals surface area contributed by atoms with Crippen molar-refractivity contribution in [2.75, 3.05) is 30.3 Å². The van der Waals surface area contributed by atoms with Gasteiger partial charge < -0.3 is 15.4 Å². The van der Waals surface area contributed by atoms with Gasteiger partial charge in [0.25, 0.3) is 0 Å². The quantitative estimate of drug-likeness (QED) is 0.638. The lowest BCUT2D eigenvalue weighted by atomic mass is 10.1. The molecule has 126 valence electrons. The fourth-order valence-electron chi connectivity index (χ4n) is 2.74. The summed E-state index contributed by atoms with van der Waals surface area (Å²) in [5.74, 6) is 0.714. The maximum absolute atomic E-state index is 10.8. The monoisotopic (exact) mass is 329 g/mol. The van der Waals surface area contributed by atoms with Crippen molar-refractivity contribution < 1.29 is 9.66 Å². The van der Waals surface area contributed by atoms with Crippen LogP contribution < -0.4 is 10.6 Å². The third-order valence-electron chi connectivity index (χ3n) is 4.02. The zero-order valence-electron chi connectivity index (χ0n) is 13.2. The molecule has 1 aromatic carbocycles. The van der Waals surface area contributed by atoms with Crippen molar-refractivity contribution in [1.29, 1.82) is 0 Å². The Bertz CT molecular complexity index is 710. The summed E-state index contributed by atoms with van der Waals surface area (Å²) in [7, 11) is 0. The molecule has 0 spiro atoms. The third kappa shape index (κ3) is 3.77. The average Bonchev–Trinajstić information content (AvgIpc) is 3.04. The molecule has 2 N–H and O–H groups in total. The molecular formula is C16H19N5O3. The lowest BCUT2D eigenvalue weighted by Crippen LogP contribution is -2.23. The van der Waals surface area contributed by atoms with Gasteiger partial charge in [-0.05, 0) is 12.0 Å². The summed E-state index contributed by atoms with van der Waals surface area (Å²) >= 11 is 0. The van der Waals surface area contributed by atoms with Gasteiger partial charge in [0.2, 0.25) is 11.8 Å². The van der Waals surface area contributed by atoms with Crippen molar-refractivity contribution in [3.8, 4) is 0 Å². The van der Waals surface area contributed by atoms with Crippen molar-refractivity contribution >= 4 is 17.5 Å². The lowest BCUT2D eigenvalue weighted by Gasteiger charge is -2.16. The van der Waals surface area contributed by atoms with E-state index < -0.39 is 4.92 Å². The van der Waals surface area contributed by atoms with Gasteiger partial charge in [-0.15, -0.1) is 0 Å². The van der Waals surface area contributed by atoms with E-state index in [4.69, 9.17) is 10.5 Å². The molecule has 1 atom stereocenters. The molecule has 2 heterocycles. The largest absolute Gasteiger partial charge is 0.378 e. The Morgan fingerprint density at radius 3 is 2.88 bits per heavy atom. The molecule has 0 saturated carbocycles. The van der Waals surface area contributed by atoms with E-state index in [1.807, 2.05) is 35.2 Å². The van der Waals surface area contributed by atoms with Crippen LogP contribution in [0.15, 0.2) is 36.5 Å². The Morgan fingerprint density at radius 1 is 1.38 bits per heavy atom. The van der Waals surface area contributed by atoms with Crippen LogP contribution in [0, 0.1) is 16.0 Å². The van der Waals surface area contributed by atoms with Gasteiger partial charge in [0.05, 0.1) is 18.1 Å². The van der Waals surface area contributed by atoms with E-state index in [0.717, 1.165) is 31.3 Å². The zero-order valence-corrected chi connectivity index (χ0v) is 13.2. The van der Waals surface area contributed by atoms with E-state index >= 15 is 0 Å². The molecule has 1 aliphatic heterocycles. The van der Waals surface area contributed by atoms with E-state index in [1.165, 1.54) is 0 Å². The second-order valence-electron chi connectivity index (χ2n) is 5.80. The predicted molar refractivity (Wildman–Crippen MR) is 89.5 cm³/mol. The first-order chi connectivity index (χ1) is 11.6. The van der Waals surface area contributed by atoms with Gasteiger partial charge in [-0.2, -0.15) is 4.98 Å². The maximum Gasteiger partial charge on any atom is 0.329 e. The van der Waals surface area contributed by atoms with Crippen LogP contribution in [-0.4, -0.2) is 34.6 Å². The molecule has 0 radical (unpaired) electrons. The molecule has 0 amide bonds. The van der Waals surface area contributed by atoms with Crippen molar-refractivity contribution in [2.24, 2.45) is 5.92 Å². The predicted octanol–water partition coefficient (Wildman–Crippen LogP) is 2.01. The van der Waals surface area contributed by atoms with Crippen LogP contribution in [-0.2, 0) is 11.3 Å². The number of anilines is 2. The molecule has 1 aromatic heterocycles. The molecule has 24 heavy (non-hydrogen) atoms. The fraction of sp³-hybridized carbons (Fsp3) is 0.375. The highest BCUT2D eigenvalue weighted by molar-refractivity contribution is 5.54. The van der Waals surface area contributed by atoms with Crippen molar-refractivity contribution in [1.82, 2.24) is 9.97 Å². The van der Waals surface area contributed by atoms with Crippen LogP contribution in [0.1, 0.15) is 12.0 Å². The van der Waals surface area contributed by atoms with E-state index in [9.17, 15) is 10.1 Å². The summed E-state index contributed by atoms with van der Waals surface area (Å²) in [5.41, 5.74) is 6.51. The van der Waals surface area contributed by atoms with Crippen LogP contribution in [0.25, 0.3) is 0 Å². The Hall–Kier alpha value is -2.74. The molecule has 1 fully saturated rings. The summed E-state index contributed by atoms with van der Waals surface area (Å²) in [6, 6.07) is 10.0. The van der Waals surface area contributed by atoms with Crippen LogP contribution in [0.2, 0.25) is 0 Å². The van der Waals surface area contributed by atoms with Gasteiger partial charge in [0.1, 0.15) is 6.20 Å². The van der Waals surface area contributed by atoms with Crippen LogP contribution >= 0.6 is 0 Å². The molecule has 2 aromatic rings. The number of nitrogens with two attached hydrogens (primary N) is 1. The van der Waals surface area contributed by atoms with Crippen LogP contribution in [0.3, 0.4) is 0 Å². The summed E-state index contributed by atoms with van der Waals surface area (Å²) in [6.45, 7) is 2.80. The first-order valence-corrected chi connectivity index (χ1v) is 7.77. The summed E-state index contributed by atoms with van der Waals surface area (Å²) in [5, 5.41) is 10.8.